The van der Waals surface area contributed by atoms with Crippen LogP contribution < -0.4 is 0 Å². The van der Waals surface area contributed by atoms with Crippen LogP contribution in [0.25, 0.3) is 0 Å². The fraction of sp³-hybridized carbons (Fsp3) is 0.355. The molecular weight excluding hydrogens is 496 g/mol. The Hall–Kier alpha value is -3.40. The highest BCUT2D eigenvalue weighted by Crippen LogP contribution is 2.38. The van der Waals surface area contributed by atoms with Gasteiger partial charge in [-0.05, 0) is 35.2 Å². The Morgan fingerprint density at radius 3 is 2.08 bits per heavy atom. The van der Waals surface area contributed by atoms with E-state index >= 15 is 0 Å². The molecule has 39 heavy (non-hydrogen) atoms. The van der Waals surface area contributed by atoms with Crippen molar-refractivity contribution in [3.8, 4) is 0 Å². The van der Waals surface area contributed by atoms with Crippen LogP contribution >= 0.6 is 0 Å². The standard InChI is InChI=1S/C31H32N2O6/c34-19-21-7-9-22(10-8-21)28-15-25(18-32-14-13-24(35)17-32)38-31(39-28)23-11-5-20(6-12-23)16-33-29(36)26-3-1-2-4-27(26)30(33)37/h1-12,24-25,28,31,34-35H,13-19H2/t24-,25+,28-,31-/m0/s1. The smallest absolute Gasteiger partial charge is 0.261 e. The number of ether oxygens (including phenoxy) is 2. The highest BCUT2D eigenvalue weighted by molar-refractivity contribution is 6.21. The van der Waals surface area contributed by atoms with Gasteiger partial charge in [0.2, 0.25) is 0 Å². The summed E-state index contributed by atoms with van der Waals surface area (Å²) in [6.07, 6.45) is 0.290. The number of β-amino-alcohol motifs (C(OH)–C–C–N with tert-alkyl or cyclic N) is 1. The molecule has 0 bridgehead atoms. The Bertz CT molecular complexity index is 1310. The molecule has 3 heterocycles. The minimum absolute atomic E-state index is 0.00941. The molecule has 0 aliphatic carbocycles. The zero-order valence-electron chi connectivity index (χ0n) is 21.6. The lowest BCUT2D eigenvalue weighted by atomic mass is 9.99. The first-order valence-corrected chi connectivity index (χ1v) is 13.4. The van der Waals surface area contributed by atoms with Gasteiger partial charge in [0.1, 0.15) is 0 Å². The van der Waals surface area contributed by atoms with E-state index in [0.717, 1.165) is 35.2 Å². The van der Waals surface area contributed by atoms with Gasteiger partial charge in [0.25, 0.3) is 11.8 Å². The van der Waals surface area contributed by atoms with E-state index in [1.807, 2.05) is 48.5 Å². The lowest BCUT2D eigenvalue weighted by Gasteiger charge is -2.38. The fourth-order valence-electron chi connectivity index (χ4n) is 5.64. The highest BCUT2D eigenvalue weighted by Gasteiger charge is 2.36. The number of hydrogen-bond donors (Lipinski definition) is 2. The number of aliphatic hydroxyl groups excluding tert-OH is 2. The first-order valence-electron chi connectivity index (χ1n) is 13.4. The summed E-state index contributed by atoms with van der Waals surface area (Å²) >= 11 is 0. The summed E-state index contributed by atoms with van der Waals surface area (Å²) in [7, 11) is 0. The number of amides is 2. The number of hydrogen-bond acceptors (Lipinski definition) is 7. The zero-order chi connectivity index (χ0) is 26.9. The lowest BCUT2D eigenvalue weighted by molar-refractivity contribution is -0.252. The van der Waals surface area contributed by atoms with E-state index in [2.05, 4.69) is 4.90 Å². The molecule has 2 saturated heterocycles. The number of aliphatic hydroxyl groups is 2. The third-order valence-electron chi connectivity index (χ3n) is 7.80. The van der Waals surface area contributed by atoms with Crippen LogP contribution in [0.4, 0.5) is 0 Å². The maximum Gasteiger partial charge on any atom is 0.261 e. The van der Waals surface area contributed by atoms with Gasteiger partial charge in [0, 0.05) is 31.6 Å². The average Bonchev–Trinajstić information content (AvgIpc) is 3.49. The van der Waals surface area contributed by atoms with E-state index < -0.39 is 6.29 Å². The Morgan fingerprint density at radius 2 is 1.46 bits per heavy atom. The largest absolute Gasteiger partial charge is 0.392 e. The van der Waals surface area contributed by atoms with Crippen molar-refractivity contribution in [1.82, 2.24) is 9.80 Å². The molecule has 3 aliphatic heterocycles. The van der Waals surface area contributed by atoms with Crippen molar-refractivity contribution in [2.24, 2.45) is 0 Å². The molecular formula is C31H32N2O6. The van der Waals surface area contributed by atoms with E-state index in [1.165, 1.54) is 4.90 Å². The van der Waals surface area contributed by atoms with Gasteiger partial charge in [0.05, 0.1) is 42.6 Å². The number of benzene rings is 3. The van der Waals surface area contributed by atoms with Crippen molar-refractivity contribution < 1.29 is 29.3 Å². The van der Waals surface area contributed by atoms with Crippen molar-refractivity contribution in [3.05, 3.63) is 106 Å². The third kappa shape index (κ3) is 5.39. The quantitative estimate of drug-likeness (QED) is 0.452. The summed E-state index contributed by atoms with van der Waals surface area (Å²) in [6.45, 7) is 2.38. The van der Waals surface area contributed by atoms with Crippen LogP contribution in [-0.4, -0.2) is 63.7 Å². The maximum absolute atomic E-state index is 12.8. The van der Waals surface area contributed by atoms with Crippen molar-refractivity contribution in [1.29, 1.82) is 0 Å². The summed E-state index contributed by atoms with van der Waals surface area (Å²) in [5, 5.41) is 19.4. The molecule has 0 unspecified atom stereocenters. The van der Waals surface area contributed by atoms with Crippen molar-refractivity contribution in [2.75, 3.05) is 19.6 Å². The predicted octanol–water partition coefficient (Wildman–Crippen LogP) is 3.59. The molecule has 0 radical (unpaired) electrons. The summed E-state index contributed by atoms with van der Waals surface area (Å²) in [5.41, 5.74) is 4.44. The maximum atomic E-state index is 12.8. The van der Waals surface area contributed by atoms with Crippen LogP contribution in [0, 0.1) is 0 Å². The van der Waals surface area contributed by atoms with Crippen LogP contribution in [-0.2, 0) is 22.6 Å². The van der Waals surface area contributed by atoms with E-state index in [-0.39, 0.29) is 43.3 Å². The zero-order valence-corrected chi connectivity index (χ0v) is 21.6. The van der Waals surface area contributed by atoms with Crippen molar-refractivity contribution in [3.63, 3.8) is 0 Å². The summed E-state index contributed by atoms with van der Waals surface area (Å²) in [6, 6.07) is 22.3. The number of rotatable bonds is 7. The number of imide groups is 1. The molecule has 2 amide bonds. The normalized spacial score (nSPS) is 25.3. The number of carbonyl (C=O) groups excluding carboxylic acids is 2. The lowest BCUT2D eigenvalue weighted by Crippen LogP contribution is -2.38. The van der Waals surface area contributed by atoms with Gasteiger partial charge in [-0.25, -0.2) is 0 Å². The Kier molecular flexibility index (Phi) is 7.29. The van der Waals surface area contributed by atoms with Gasteiger partial charge in [-0.3, -0.25) is 19.4 Å². The van der Waals surface area contributed by atoms with Crippen LogP contribution in [0.5, 0.6) is 0 Å². The third-order valence-corrected chi connectivity index (χ3v) is 7.80. The predicted molar refractivity (Wildman–Crippen MR) is 143 cm³/mol. The van der Waals surface area contributed by atoms with Crippen LogP contribution in [0.1, 0.15) is 68.2 Å². The Morgan fingerprint density at radius 1 is 0.821 bits per heavy atom. The average molecular weight is 529 g/mol. The Balaban J connectivity index is 1.18. The second-order valence-corrected chi connectivity index (χ2v) is 10.5. The topological polar surface area (TPSA) is 99.5 Å². The van der Waals surface area contributed by atoms with Crippen molar-refractivity contribution >= 4 is 11.8 Å². The minimum Gasteiger partial charge on any atom is -0.392 e. The number of likely N-dealkylation sites (tertiary alicyclic amines) is 1. The first-order chi connectivity index (χ1) is 19.0. The van der Waals surface area contributed by atoms with Gasteiger partial charge in [-0.1, -0.05) is 60.7 Å². The van der Waals surface area contributed by atoms with Gasteiger partial charge in [-0.15, -0.1) is 0 Å². The second kappa shape index (κ2) is 11.0. The first kappa shape index (κ1) is 25.9. The van der Waals surface area contributed by atoms with Gasteiger partial charge in [0.15, 0.2) is 6.29 Å². The van der Waals surface area contributed by atoms with E-state index in [4.69, 9.17) is 9.47 Å². The molecule has 3 aromatic rings. The molecule has 8 nitrogen and oxygen atoms in total. The molecule has 202 valence electrons. The van der Waals surface area contributed by atoms with E-state index in [1.54, 1.807) is 24.3 Å². The molecule has 4 atom stereocenters. The number of carbonyl (C=O) groups is 2. The molecule has 0 spiro atoms. The summed E-state index contributed by atoms with van der Waals surface area (Å²) < 4.78 is 12.8. The molecule has 8 heteroatoms. The number of nitrogens with zero attached hydrogens (tertiary/aromatic N) is 2. The minimum atomic E-state index is -0.591. The van der Waals surface area contributed by atoms with E-state index in [0.29, 0.717) is 30.6 Å². The molecule has 3 aromatic carbocycles. The molecule has 0 saturated carbocycles. The second-order valence-electron chi connectivity index (χ2n) is 10.5. The van der Waals surface area contributed by atoms with Gasteiger partial charge >= 0.3 is 0 Å². The fourth-order valence-corrected chi connectivity index (χ4v) is 5.64. The van der Waals surface area contributed by atoms with Crippen LogP contribution in [0.3, 0.4) is 0 Å². The van der Waals surface area contributed by atoms with Crippen LogP contribution in [0.2, 0.25) is 0 Å². The molecule has 6 rings (SSSR count). The molecule has 2 N–H and O–H groups in total. The molecule has 2 fully saturated rings. The molecule has 0 aromatic heterocycles. The van der Waals surface area contributed by atoms with Gasteiger partial charge < -0.3 is 19.7 Å². The monoisotopic (exact) mass is 528 g/mol. The number of fused-ring (bicyclic) bond motifs is 1. The highest BCUT2D eigenvalue weighted by atomic mass is 16.7. The SMILES string of the molecule is O=C1c2ccccc2C(=O)N1Cc1ccc([C@H]2O[C@@H](CN3CC[C@H](O)C3)C[C@@H](c3ccc(CO)cc3)O2)cc1. The van der Waals surface area contributed by atoms with Crippen LogP contribution in [0.15, 0.2) is 72.8 Å². The van der Waals surface area contributed by atoms with Crippen molar-refractivity contribution in [2.45, 2.75) is 50.6 Å². The Labute approximate surface area is 227 Å². The molecule has 3 aliphatic rings. The summed E-state index contributed by atoms with van der Waals surface area (Å²) in [5.74, 6) is -0.549. The van der Waals surface area contributed by atoms with Gasteiger partial charge in [-0.2, -0.15) is 0 Å². The van der Waals surface area contributed by atoms with E-state index in [9.17, 15) is 19.8 Å². The summed E-state index contributed by atoms with van der Waals surface area (Å²) in [4.78, 5) is 29.0.